The van der Waals surface area contributed by atoms with Crippen LogP contribution in [0, 0.1) is 28.6 Å². The Morgan fingerprint density at radius 2 is 1.97 bits per heavy atom. The van der Waals surface area contributed by atoms with Gasteiger partial charge in [-0.3, -0.25) is 14.4 Å². The molecule has 4 aliphatic rings. The summed E-state index contributed by atoms with van der Waals surface area (Å²) in [5, 5.41) is 11.5. The highest BCUT2D eigenvalue weighted by molar-refractivity contribution is 8.76. The fourth-order valence-corrected chi connectivity index (χ4v) is 9.55. The molecule has 0 aromatic heterocycles. The zero-order valence-electron chi connectivity index (χ0n) is 20.6. The number of aliphatic hydroxyl groups is 1. The maximum absolute atomic E-state index is 17.3. The predicted octanol–water partition coefficient (Wildman–Crippen LogP) is 4.88. The van der Waals surface area contributed by atoms with Crippen molar-refractivity contribution in [3.8, 4) is 0 Å². The quantitative estimate of drug-likeness (QED) is 0.310. The Balaban J connectivity index is 1.80. The highest BCUT2D eigenvalue weighted by Crippen LogP contribution is 2.71. The summed E-state index contributed by atoms with van der Waals surface area (Å²) in [5.41, 5.74) is -4.62. The normalized spacial score (nSPS) is 45.1. The Morgan fingerprint density at radius 1 is 1.26 bits per heavy atom. The smallest absolute Gasteiger partial charge is 0.303 e. The molecule has 4 rings (SSSR count). The number of alkyl halides is 1. The summed E-state index contributed by atoms with van der Waals surface area (Å²) >= 11 is 0. The van der Waals surface area contributed by atoms with Crippen LogP contribution in [0.1, 0.15) is 60.3 Å². The van der Waals surface area contributed by atoms with E-state index in [-0.39, 0.29) is 35.6 Å². The SMILES string of the molecule is CCSSCC(=O)[C@@]1(OC(C)=O)[C@@H](C)C[C@H]2[C@@H]3CCC4=CC(=O)C=C[C@]4(C)[C@@]3(F)[C@@H](O)C[C@@]21C. The summed E-state index contributed by atoms with van der Waals surface area (Å²) in [7, 11) is 3.02. The maximum Gasteiger partial charge on any atom is 0.303 e. The second-order valence-electron chi connectivity index (χ2n) is 10.8. The molecule has 1 N–H and O–H groups in total. The van der Waals surface area contributed by atoms with Gasteiger partial charge >= 0.3 is 5.97 Å². The van der Waals surface area contributed by atoms with Gasteiger partial charge in [0.25, 0.3) is 0 Å². The minimum Gasteiger partial charge on any atom is -0.450 e. The molecular formula is C26H35FO5S2. The van der Waals surface area contributed by atoms with E-state index >= 15 is 4.39 Å². The van der Waals surface area contributed by atoms with E-state index in [1.165, 1.54) is 29.9 Å². The van der Waals surface area contributed by atoms with Crippen molar-refractivity contribution in [3.05, 3.63) is 23.8 Å². The van der Waals surface area contributed by atoms with Crippen LogP contribution < -0.4 is 0 Å². The summed E-state index contributed by atoms with van der Waals surface area (Å²) in [5.74, 6) is -0.861. The number of ether oxygens (including phenoxy) is 1. The number of carbonyl (C=O) groups is 3. The van der Waals surface area contributed by atoms with Crippen LogP contribution in [0.3, 0.4) is 0 Å². The minimum atomic E-state index is -1.97. The molecule has 0 aromatic rings. The topological polar surface area (TPSA) is 80.7 Å². The summed E-state index contributed by atoms with van der Waals surface area (Å²) in [4.78, 5) is 38.1. The highest BCUT2D eigenvalue weighted by atomic mass is 33.1. The van der Waals surface area contributed by atoms with Crippen LogP contribution in [0.25, 0.3) is 0 Å². The number of fused-ring (bicyclic) bond motifs is 5. The first-order valence-electron chi connectivity index (χ1n) is 12.2. The Labute approximate surface area is 209 Å². The molecule has 0 radical (unpaired) electrons. The average molecular weight is 511 g/mol. The largest absolute Gasteiger partial charge is 0.450 e. The molecule has 0 saturated heterocycles. The molecule has 0 heterocycles. The van der Waals surface area contributed by atoms with Gasteiger partial charge in [0.1, 0.15) is 0 Å². The number of aliphatic hydroxyl groups excluding tert-OH is 1. The van der Waals surface area contributed by atoms with E-state index in [0.717, 1.165) is 11.3 Å². The zero-order valence-corrected chi connectivity index (χ0v) is 22.2. The van der Waals surface area contributed by atoms with Gasteiger partial charge in [-0.15, -0.1) is 0 Å². The Morgan fingerprint density at radius 3 is 2.62 bits per heavy atom. The molecule has 34 heavy (non-hydrogen) atoms. The van der Waals surface area contributed by atoms with Gasteiger partial charge in [0.05, 0.1) is 11.9 Å². The lowest BCUT2D eigenvalue weighted by atomic mass is 9.44. The molecular weight excluding hydrogens is 475 g/mol. The Kier molecular flexibility index (Phi) is 6.69. The van der Waals surface area contributed by atoms with Crippen molar-refractivity contribution in [1.82, 2.24) is 0 Å². The monoisotopic (exact) mass is 510 g/mol. The number of hydrogen-bond acceptors (Lipinski definition) is 7. The third-order valence-corrected chi connectivity index (χ3v) is 11.6. The van der Waals surface area contributed by atoms with Crippen molar-refractivity contribution in [1.29, 1.82) is 0 Å². The van der Waals surface area contributed by atoms with Crippen LogP contribution in [0.5, 0.6) is 0 Å². The number of carbonyl (C=O) groups excluding carboxylic acids is 3. The van der Waals surface area contributed by atoms with E-state index in [2.05, 4.69) is 0 Å². The first-order chi connectivity index (χ1) is 15.9. The molecule has 0 aromatic carbocycles. The van der Waals surface area contributed by atoms with E-state index in [1.54, 1.807) is 23.8 Å². The van der Waals surface area contributed by atoms with Crippen molar-refractivity contribution < 1.29 is 28.6 Å². The van der Waals surface area contributed by atoms with Crippen molar-refractivity contribution in [2.24, 2.45) is 28.6 Å². The molecule has 5 nitrogen and oxygen atoms in total. The molecule has 0 bridgehead atoms. The minimum absolute atomic E-state index is 0.0181. The van der Waals surface area contributed by atoms with Crippen molar-refractivity contribution in [2.45, 2.75) is 77.7 Å². The molecule has 0 unspecified atom stereocenters. The first kappa shape index (κ1) is 26.0. The van der Waals surface area contributed by atoms with Gasteiger partial charge in [0, 0.05) is 35.3 Å². The van der Waals surface area contributed by atoms with E-state index in [0.29, 0.717) is 19.3 Å². The lowest BCUT2D eigenvalue weighted by Gasteiger charge is -2.62. The fraction of sp³-hybridized carbons (Fsp3) is 0.731. The fourth-order valence-electron chi connectivity index (χ4n) is 7.91. The summed E-state index contributed by atoms with van der Waals surface area (Å²) < 4.78 is 23.3. The van der Waals surface area contributed by atoms with Gasteiger partial charge in [-0.25, -0.2) is 4.39 Å². The van der Waals surface area contributed by atoms with Gasteiger partial charge < -0.3 is 9.84 Å². The van der Waals surface area contributed by atoms with E-state index in [1.807, 2.05) is 20.8 Å². The van der Waals surface area contributed by atoms with Crippen molar-refractivity contribution in [3.63, 3.8) is 0 Å². The summed E-state index contributed by atoms with van der Waals surface area (Å²) in [6.45, 7) is 8.94. The van der Waals surface area contributed by atoms with Gasteiger partial charge in [-0.05, 0) is 50.7 Å². The van der Waals surface area contributed by atoms with Gasteiger partial charge in [0.15, 0.2) is 22.8 Å². The molecule has 3 saturated carbocycles. The lowest BCUT2D eigenvalue weighted by molar-refractivity contribution is -0.226. The number of Topliss-reactive ketones (excluding diaryl/α,β-unsaturated/α-hetero) is 1. The number of hydrogen-bond donors (Lipinski definition) is 1. The molecule has 0 spiro atoms. The average Bonchev–Trinajstić information content (AvgIpc) is 2.97. The van der Waals surface area contributed by atoms with Crippen molar-refractivity contribution >= 4 is 39.1 Å². The third-order valence-electron chi connectivity index (χ3n) is 9.29. The predicted molar refractivity (Wildman–Crippen MR) is 133 cm³/mol. The molecule has 188 valence electrons. The summed E-state index contributed by atoms with van der Waals surface area (Å²) in [6.07, 6.45) is 4.79. The van der Waals surface area contributed by atoms with Crippen LogP contribution in [-0.2, 0) is 19.1 Å². The summed E-state index contributed by atoms with van der Waals surface area (Å²) in [6, 6.07) is 0. The lowest BCUT2D eigenvalue weighted by Crippen LogP contribution is -2.70. The number of allylic oxidation sites excluding steroid dienone is 4. The molecule has 0 amide bonds. The van der Waals surface area contributed by atoms with E-state index in [4.69, 9.17) is 4.74 Å². The molecule has 0 aliphatic heterocycles. The third kappa shape index (κ3) is 3.34. The first-order valence-corrected chi connectivity index (χ1v) is 14.7. The zero-order chi connectivity index (χ0) is 25.1. The van der Waals surface area contributed by atoms with Crippen molar-refractivity contribution in [2.75, 3.05) is 11.5 Å². The number of halogens is 1. The molecule has 8 atom stereocenters. The van der Waals surface area contributed by atoms with E-state index in [9.17, 15) is 19.5 Å². The van der Waals surface area contributed by atoms with Crippen LogP contribution >= 0.6 is 21.6 Å². The number of rotatable bonds is 6. The molecule has 3 fully saturated rings. The van der Waals surface area contributed by atoms with Crippen LogP contribution in [0.4, 0.5) is 4.39 Å². The number of ketones is 2. The standard InChI is InChI=1S/C26H35FO5S2/c1-6-33-34-14-22(31)26(32-16(3)28)15(2)11-20-19-8-7-17-12-18(29)9-10-23(17,4)25(19,27)21(30)13-24(20,26)5/h9-10,12,15,19-21,30H,6-8,11,13-14H2,1-5H3/t15-,19-,20-,21-,23-,24-,25-,26-/m0/s1. The second kappa shape index (κ2) is 8.77. The number of esters is 1. The Bertz CT molecular complexity index is 965. The second-order valence-corrected chi connectivity index (χ2v) is 13.6. The van der Waals surface area contributed by atoms with Gasteiger partial charge in [0.2, 0.25) is 0 Å². The maximum atomic E-state index is 17.3. The van der Waals surface area contributed by atoms with Crippen LogP contribution in [0.15, 0.2) is 23.8 Å². The van der Waals surface area contributed by atoms with E-state index < -0.39 is 40.1 Å². The molecule has 8 heteroatoms. The molecule has 4 aliphatic carbocycles. The van der Waals surface area contributed by atoms with Crippen LogP contribution in [0.2, 0.25) is 0 Å². The van der Waals surface area contributed by atoms with Gasteiger partial charge in [-0.1, -0.05) is 54.0 Å². The highest BCUT2D eigenvalue weighted by Gasteiger charge is 2.77. The van der Waals surface area contributed by atoms with Crippen LogP contribution in [-0.4, -0.2) is 51.5 Å². The Hall–Kier alpha value is -1.12. The van der Waals surface area contributed by atoms with Gasteiger partial charge in [-0.2, -0.15) is 0 Å².